The Morgan fingerprint density at radius 3 is 2.27 bits per heavy atom. The molecule has 0 fully saturated rings. The van der Waals surface area contributed by atoms with Crippen molar-refractivity contribution in [3.05, 3.63) is 41.5 Å². The van der Waals surface area contributed by atoms with E-state index < -0.39 is 20.9 Å². The first kappa shape index (κ1) is 20.5. The van der Waals surface area contributed by atoms with Gasteiger partial charge in [-0.2, -0.15) is 0 Å². The Kier molecular flexibility index (Phi) is 6.15. The van der Waals surface area contributed by atoms with Crippen molar-refractivity contribution in [2.75, 3.05) is 27.9 Å². The van der Waals surface area contributed by atoms with Gasteiger partial charge in [0.2, 0.25) is 0 Å². The van der Waals surface area contributed by atoms with Crippen molar-refractivity contribution in [3.8, 4) is 0 Å². The molecule has 1 atom stereocenters. The van der Waals surface area contributed by atoms with E-state index in [0.29, 0.717) is 23.3 Å². The molecule has 1 aromatic carbocycles. The van der Waals surface area contributed by atoms with Crippen LogP contribution in [0.25, 0.3) is 6.08 Å². The first-order valence-corrected chi connectivity index (χ1v) is 9.59. The summed E-state index contributed by atoms with van der Waals surface area (Å²) in [5, 5.41) is -1.12. The molecule has 1 aromatic rings. The Labute approximate surface area is 155 Å². The zero-order valence-corrected chi connectivity index (χ0v) is 17.2. The lowest BCUT2D eigenvalue weighted by atomic mass is 10.0. The van der Waals surface area contributed by atoms with Gasteiger partial charge in [-0.15, -0.1) is 0 Å². The van der Waals surface area contributed by atoms with Crippen molar-refractivity contribution in [2.24, 2.45) is 0 Å². The van der Waals surface area contributed by atoms with Gasteiger partial charge < -0.3 is 23.5 Å². The molecule has 1 aliphatic rings. The zero-order chi connectivity index (χ0) is 19.5. The molecule has 26 heavy (non-hydrogen) atoms. The summed E-state index contributed by atoms with van der Waals surface area (Å²) in [6, 6.07) is 5.14. The van der Waals surface area contributed by atoms with Crippen LogP contribution in [-0.2, 0) is 18.9 Å². The van der Waals surface area contributed by atoms with Gasteiger partial charge in [0, 0.05) is 27.9 Å². The Hall–Kier alpha value is -1.84. The van der Waals surface area contributed by atoms with Crippen LogP contribution in [0.1, 0.15) is 40.1 Å². The molecular formula is C18H25NO6Si. The van der Waals surface area contributed by atoms with Crippen LogP contribution in [-0.4, -0.2) is 65.2 Å². The summed E-state index contributed by atoms with van der Waals surface area (Å²) in [5.74, 6) is -2.23. The molecule has 8 heteroatoms. The van der Waals surface area contributed by atoms with Crippen molar-refractivity contribution in [1.82, 2.24) is 4.57 Å². The molecule has 0 spiro atoms. The van der Waals surface area contributed by atoms with Crippen molar-refractivity contribution in [2.45, 2.75) is 25.0 Å². The SMILES string of the molecule is C=Cc1cccc2c1C(=O)N([SiH2]C(C)(OCC)C(OC)(OC)OC)C2=O. The van der Waals surface area contributed by atoms with Crippen molar-refractivity contribution >= 4 is 27.6 Å². The van der Waals surface area contributed by atoms with Gasteiger partial charge in [0.25, 0.3) is 11.8 Å². The molecule has 0 saturated heterocycles. The van der Waals surface area contributed by atoms with E-state index in [1.807, 2.05) is 6.92 Å². The number of amides is 2. The van der Waals surface area contributed by atoms with E-state index in [1.165, 1.54) is 25.9 Å². The van der Waals surface area contributed by atoms with Gasteiger partial charge in [-0.3, -0.25) is 9.59 Å². The minimum absolute atomic E-state index is 0.336. The molecule has 0 aromatic heterocycles. The number of carbonyl (C=O) groups is 2. The third-order valence-corrected chi connectivity index (χ3v) is 6.76. The number of nitrogens with zero attached hydrogens (tertiary/aromatic N) is 1. The summed E-state index contributed by atoms with van der Waals surface area (Å²) in [4.78, 5) is 25.9. The number of hydrogen-bond donors (Lipinski definition) is 0. The molecule has 7 nitrogen and oxygen atoms in total. The summed E-state index contributed by atoms with van der Waals surface area (Å²) in [6.45, 7) is 7.61. The van der Waals surface area contributed by atoms with E-state index in [0.717, 1.165) is 0 Å². The molecule has 142 valence electrons. The van der Waals surface area contributed by atoms with Gasteiger partial charge in [0.15, 0.2) is 14.9 Å². The molecular weight excluding hydrogens is 354 g/mol. The Bertz CT molecular complexity index is 709. The second kappa shape index (κ2) is 7.81. The number of fused-ring (bicyclic) bond motifs is 1. The normalized spacial score (nSPS) is 17.0. The summed E-state index contributed by atoms with van der Waals surface area (Å²) in [7, 11) is 2.56. The fraction of sp³-hybridized carbons (Fsp3) is 0.444. The van der Waals surface area contributed by atoms with Crippen LogP contribution in [0, 0.1) is 0 Å². The van der Waals surface area contributed by atoms with Crippen LogP contribution in [0.3, 0.4) is 0 Å². The second-order valence-corrected chi connectivity index (χ2v) is 8.30. The molecule has 0 aliphatic carbocycles. The highest BCUT2D eigenvalue weighted by atomic mass is 28.2. The molecule has 0 N–H and O–H groups in total. The number of benzene rings is 1. The van der Waals surface area contributed by atoms with E-state index in [4.69, 9.17) is 18.9 Å². The van der Waals surface area contributed by atoms with E-state index in [9.17, 15) is 9.59 Å². The molecule has 1 unspecified atom stereocenters. The lowest BCUT2D eigenvalue weighted by Gasteiger charge is -2.44. The molecule has 1 heterocycles. The predicted molar refractivity (Wildman–Crippen MR) is 99.4 cm³/mol. The molecule has 0 bridgehead atoms. The van der Waals surface area contributed by atoms with Gasteiger partial charge in [-0.05, 0) is 25.5 Å². The highest BCUT2D eigenvalue weighted by Gasteiger charge is 2.55. The number of ether oxygens (including phenoxy) is 4. The average Bonchev–Trinajstić information content (AvgIpc) is 2.88. The first-order valence-electron chi connectivity index (χ1n) is 8.25. The summed E-state index contributed by atoms with van der Waals surface area (Å²) in [5.41, 5.74) is 1.38. The third kappa shape index (κ3) is 3.04. The zero-order valence-electron chi connectivity index (χ0n) is 15.8. The number of hydrogen-bond acceptors (Lipinski definition) is 6. The van der Waals surface area contributed by atoms with Crippen LogP contribution in [0.4, 0.5) is 0 Å². The predicted octanol–water partition coefficient (Wildman–Crippen LogP) is 1.36. The highest BCUT2D eigenvalue weighted by molar-refractivity contribution is 6.51. The van der Waals surface area contributed by atoms with Gasteiger partial charge >= 0.3 is 5.97 Å². The average molecular weight is 379 g/mol. The van der Waals surface area contributed by atoms with Gasteiger partial charge in [0.05, 0.1) is 11.1 Å². The van der Waals surface area contributed by atoms with Gasteiger partial charge in [-0.1, -0.05) is 24.8 Å². The molecule has 1 aliphatic heterocycles. The maximum atomic E-state index is 13.0. The second-order valence-electron chi connectivity index (χ2n) is 6.00. The Morgan fingerprint density at radius 1 is 1.15 bits per heavy atom. The number of carbonyl (C=O) groups excluding carboxylic acids is 2. The highest BCUT2D eigenvalue weighted by Crippen LogP contribution is 2.34. The maximum absolute atomic E-state index is 13.0. The first-order chi connectivity index (χ1) is 12.3. The lowest BCUT2D eigenvalue weighted by Crippen LogP contribution is -2.65. The molecule has 0 saturated carbocycles. The summed E-state index contributed by atoms with van der Waals surface area (Å²) >= 11 is 0. The Balaban J connectivity index is 2.46. The number of methoxy groups -OCH3 is 3. The summed E-state index contributed by atoms with van der Waals surface area (Å²) in [6.07, 6.45) is 1.57. The van der Waals surface area contributed by atoms with Gasteiger partial charge in [-0.25, -0.2) is 0 Å². The van der Waals surface area contributed by atoms with E-state index in [2.05, 4.69) is 6.58 Å². The van der Waals surface area contributed by atoms with Crippen molar-refractivity contribution in [3.63, 3.8) is 0 Å². The summed E-state index contributed by atoms with van der Waals surface area (Å²) < 4.78 is 23.5. The topological polar surface area (TPSA) is 74.3 Å². The molecule has 0 radical (unpaired) electrons. The van der Waals surface area contributed by atoms with Crippen LogP contribution in [0.15, 0.2) is 24.8 Å². The van der Waals surface area contributed by atoms with E-state index in [-0.39, 0.29) is 11.8 Å². The van der Waals surface area contributed by atoms with Crippen LogP contribution in [0.2, 0.25) is 0 Å². The monoisotopic (exact) mass is 379 g/mol. The Morgan fingerprint density at radius 2 is 1.77 bits per heavy atom. The number of imide groups is 1. The van der Waals surface area contributed by atoms with Crippen LogP contribution >= 0.6 is 0 Å². The minimum Gasteiger partial charge on any atom is -0.369 e. The maximum Gasteiger partial charge on any atom is 0.311 e. The van der Waals surface area contributed by atoms with Crippen LogP contribution < -0.4 is 0 Å². The fourth-order valence-corrected chi connectivity index (χ4v) is 5.56. The van der Waals surface area contributed by atoms with E-state index in [1.54, 1.807) is 31.2 Å². The molecule has 2 amide bonds. The number of rotatable bonds is 9. The fourth-order valence-electron chi connectivity index (χ4n) is 3.42. The van der Waals surface area contributed by atoms with Crippen molar-refractivity contribution < 1.29 is 28.5 Å². The van der Waals surface area contributed by atoms with Crippen LogP contribution in [0.5, 0.6) is 0 Å². The standard InChI is InChI=1S/C18H25NO6Si/c1-7-12-10-9-11-13-14(12)16(21)19(15(13)20)26-17(3,25-8-2)18(22-4,23-5)24-6/h7,9-11H,1,8,26H2,2-6H3. The van der Waals surface area contributed by atoms with Gasteiger partial charge in [0.1, 0.15) is 0 Å². The largest absolute Gasteiger partial charge is 0.369 e. The minimum atomic E-state index is -1.72. The van der Waals surface area contributed by atoms with Crippen molar-refractivity contribution in [1.29, 1.82) is 0 Å². The third-order valence-electron chi connectivity index (χ3n) is 4.63. The quantitative estimate of drug-likeness (QED) is 0.366. The lowest BCUT2D eigenvalue weighted by molar-refractivity contribution is -0.403. The molecule has 2 rings (SSSR count). The van der Waals surface area contributed by atoms with E-state index >= 15 is 0 Å². The smallest absolute Gasteiger partial charge is 0.311 e.